The van der Waals surface area contributed by atoms with Crippen molar-refractivity contribution in [3.8, 4) is 0 Å². The Morgan fingerprint density at radius 3 is 2.65 bits per heavy atom. The molecule has 0 saturated carbocycles. The molecular weight excluding hydrogens is 326 g/mol. The van der Waals surface area contributed by atoms with E-state index in [0.717, 1.165) is 29.1 Å². The zero-order valence-electron chi connectivity index (χ0n) is 12.4. The first kappa shape index (κ1) is 14.7. The number of thiocarbonyl (C=S) groups is 1. The van der Waals surface area contributed by atoms with Crippen molar-refractivity contribution in [3.05, 3.63) is 70.2 Å². The van der Waals surface area contributed by atoms with Gasteiger partial charge in [-0.25, -0.2) is 5.01 Å². The van der Waals surface area contributed by atoms with Crippen LogP contribution >= 0.6 is 23.8 Å². The predicted octanol–water partition coefficient (Wildman–Crippen LogP) is 3.91. The highest BCUT2D eigenvalue weighted by atomic mass is 35.5. The Kier molecular flexibility index (Phi) is 3.58. The number of hydrogen-bond donors (Lipinski definition) is 1. The van der Waals surface area contributed by atoms with Crippen LogP contribution < -0.4 is 5.73 Å². The fraction of sp³-hybridized carbons (Fsp3) is 0.222. The van der Waals surface area contributed by atoms with E-state index in [2.05, 4.69) is 24.3 Å². The van der Waals surface area contributed by atoms with E-state index in [1.165, 1.54) is 11.1 Å². The van der Waals surface area contributed by atoms with Crippen LogP contribution in [0.25, 0.3) is 0 Å². The molecule has 23 heavy (non-hydrogen) atoms. The molecule has 0 radical (unpaired) electrons. The number of rotatable bonds is 1. The van der Waals surface area contributed by atoms with Crippen LogP contribution in [0.2, 0.25) is 5.02 Å². The van der Waals surface area contributed by atoms with E-state index < -0.39 is 0 Å². The molecule has 2 aliphatic rings. The Morgan fingerprint density at radius 1 is 1.17 bits per heavy atom. The first-order chi connectivity index (χ1) is 11.1. The second-order valence-corrected chi connectivity index (χ2v) is 6.82. The van der Waals surface area contributed by atoms with Crippen LogP contribution in [0, 0.1) is 5.92 Å². The summed E-state index contributed by atoms with van der Waals surface area (Å²) in [6.07, 6.45) is 2.09. The smallest absolute Gasteiger partial charge is 0.187 e. The topological polar surface area (TPSA) is 41.6 Å². The highest BCUT2D eigenvalue weighted by Crippen LogP contribution is 2.43. The van der Waals surface area contributed by atoms with E-state index in [-0.39, 0.29) is 6.04 Å². The minimum atomic E-state index is 0.0492. The Balaban J connectivity index is 1.80. The second-order valence-electron chi connectivity index (χ2n) is 5.97. The van der Waals surface area contributed by atoms with E-state index in [1.807, 2.05) is 24.3 Å². The van der Waals surface area contributed by atoms with Crippen LogP contribution in [0.15, 0.2) is 53.6 Å². The van der Waals surface area contributed by atoms with Crippen molar-refractivity contribution in [2.24, 2.45) is 16.8 Å². The van der Waals surface area contributed by atoms with Gasteiger partial charge in [0.15, 0.2) is 5.11 Å². The molecule has 1 aliphatic heterocycles. The van der Waals surface area contributed by atoms with Gasteiger partial charge in [-0.05, 0) is 48.3 Å². The number of nitrogens with zero attached hydrogens (tertiary/aromatic N) is 2. The largest absolute Gasteiger partial charge is 0.375 e. The number of nitrogens with two attached hydrogens (primary N) is 1. The van der Waals surface area contributed by atoms with Crippen LogP contribution in [0.5, 0.6) is 0 Å². The summed E-state index contributed by atoms with van der Waals surface area (Å²) in [4.78, 5) is 0. The SMILES string of the molecule is NC(=S)N1N=C2c3ccccc3CC[C@@H]2[C@H]1c1ccc(Cl)cc1. The third-order valence-corrected chi connectivity index (χ3v) is 5.11. The van der Waals surface area contributed by atoms with Crippen LogP contribution in [0.4, 0.5) is 0 Å². The van der Waals surface area contributed by atoms with E-state index in [4.69, 9.17) is 34.7 Å². The molecule has 2 aromatic carbocycles. The molecule has 0 unspecified atom stereocenters. The minimum Gasteiger partial charge on any atom is -0.375 e. The lowest BCUT2D eigenvalue weighted by molar-refractivity contribution is 0.309. The van der Waals surface area contributed by atoms with Crippen LogP contribution in [0.3, 0.4) is 0 Å². The van der Waals surface area contributed by atoms with Gasteiger partial charge in [-0.1, -0.05) is 48.0 Å². The van der Waals surface area contributed by atoms with E-state index in [9.17, 15) is 0 Å². The molecule has 0 saturated heterocycles. The first-order valence-electron chi connectivity index (χ1n) is 7.66. The van der Waals surface area contributed by atoms with Crippen LogP contribution in [-0.4, -0.2) is 15.8 Å². The Hall–Kier alpha value is -1.91. The summed E-state index contributed by atoms with van der Waals surface area (Å²) >= 11 is 11.3. The average molecular weight is 342 g/mol. The van der Waals surface area contributed by atoms with Gasteiger partial charge in [-0.3, -0.25) is 0 Å². The van der Waals surface area contributed by atoms with Crippen molar-refractivity contribution >= 4 is 34.6 Å². The third kappa shape index (κ3) is 2.42. The Morgan fingerprint density at radius 2 is 1.91 bits per heavy atom. The van der Waals surface area contributed by atoms with Gasteiger partial charge < -0.3 is 5.73 Å². The lowest BCUT2D eigenvalue weighted by Crippen LogP contribution is -2.35. The summed E-state index contributed by atoms with van der Waals surface area (Å²) in [6.45, 7) is 0. The molecule has 4 rings (SSSR count). The zero-order chi connectivity index (χ0) is 16.0. The zero-order valence-corrected chi connectivity index (χ0v) is 14.0. The molecule has 0 bridgehead atoms. The van der Waals surface area contributed by atoms with Crippen molar-refractivity contribution in [1.82, 2.24) is 5.01 Å². The second kappa shape index (κ2) is 5.62. The summed E-state index contributed by atoms with van der Waals surface area (Å²) in [5.74, 6) is 0.299. The summed E-state index contributed by atoms with van der Waals surface area (Å²) < 4.78 is 0. The highest BCUT2D eigenvalue weighted by Gasteiger charge is 2.42. The number of halogens is 1. The Bertz CT molecular complexity index is 800. The van der Waals surface area contributed by atoms with Gasteiger partial charge in [0, 0.05) is 16.5 Å². The van der Waals surface area contributed by atoms with Crippen molar-refractivity contribution in [2.45, 2.75) is 18.9 Å². The summed E-state index contributed by atoms with van der Waals surface area (Å²) in [6, 6.07) is 16.4. The maximum absolute atomic E-state index is 6.03. The van der Waals surface area contributed by atoms with E-state index >= 15 is 0 Å². The molecule has 2 aromatic rings. The molecule has 1 aliphatic carbocycles. The first-order valence-corrected chi connectivity index (χ1v) is 8.44. The lowest BCUT2D eigenvalue weighted by Gasteiger charge is -2.29. The molecule has 1 heterocycles. The number of aryl methyl sites for hydroxylation is 1. The number of hydrogen-bond acceptors (Lipinski definition) is 2. The summed E-state index contributed by atoms with van der Waals surface area (Å²) in [5, 5.41) is 7.61. The van der Waals surface area contributed by atoms with Gasteiger partial charge in [0.05, 0.1) is 11.8 Å². The standard InChI is InChI=1S/C18H16ClN3S/c19-13-8-5-12(6-9-13)17-15-10-7-11-3-1-2-4-14(11)16(15)21-22(17)18(20)23/h1-6,8-9,15,17H,7,10H2,(H2,20,23)/t15-,17+/m0/s1. The molecule has 3 nitrogen and oxygen atoms in total. The maximum atomic E-state index is 6.03. The van der Waals surface area contributed by atoms with Gasteiger partial charge in [-0.2, -0.15) is 5.10 Å². The number of fused-ring (bicyclic) bond motifs is 3. The van der Waals surface area contributed by atoms with Crippen LogP contribution in [0.1, 0.15) is 29.2 Å². The van der Waals surface area contributed by atoms with Crippen molar-refractivity contribution in [2.75, 3.05) is 0 Å². The minimum absolute atomic E-state index is 0.0492. The molecule has 2 N–H and O–H groups in total. The fourth-order valence-electron chi connectivity index (χ4n) is 3.64. The monoisotopic (exact) mass is 341 g/mol. The normalized spacial score (nSPS) is 22.3. The number of benzene rings is 2. The third-order valence-electron chi connectivity index (χ3n) is 4.67. The van der Waals surface area contributed by atoms with Gasteiger partial charge in [-0.15, -0.1) is 0 Å². The average Bonchev–Trinajstić information content (AvgIpc) is 2.96. The van der Waals surface area contributed by atoms with Crippen LogP contribution in [-0.2, 0) is 6.42 Å². The fourth-order valence-corrected chi connectivity index (χ4v) is 3.92. The maximum Gasteiger partial charge on any atom is 0.187 e. The molecule has 116 valence electrons. The van der Waals surface area contributed by atoms with Gasteiger partial charge in [0.25, 0.3) is 0 Å². The Labute approximate surface area is 145 Å². The predicted molar refractivity (Wildman–Crippen MR) is 97.6 cm³/mol. The molecule has 0 fully saturated rings. The number of hydrazone groups is 1. The molecular formula is C18H16ClN3S. The summed E-state index contributed by atoms with van der Waals surface area (Å²) in [7, 11) is 0. The molecule has 0 aromatic heterocycles. The molecule has 0 amide bonds. The lowest BCUT2D eigenvalue weighted by atomic mass is 9.77. The highest BCUT2D eigenvalue weighted by molar-refractivity contribution is 7.80. The molecule has 2 atom stereocenters. The van der Waals surface area contributed by atoms with Crippen molar-refractivity contribution in [3.63, 3.8) is 0 Å². The summed E-state index contributed by atoms with van der Waals surface area (Å²) in [5.41, 5.74) is 10.8. The van der Waals surface area contributed by atoms with E-state index in [0.29, 0.717) is 11.0 Å². The molecule has 5 heteroatoms. The van der Waals surface area contributed by atoms with E-state index in [1.54, 1.807) is 5.01 Å². The van der Waals surface area contributed by atoms with Crippen molar-refractivity contribution in [1.29, 1.82) is 0 Å². The van der Waals surface area contributed by atoms with Gasteiger partial charge in [0.2, 0.25) is 0 Å². The quantitative estimate of drug-likeness (QED) is 0.800. The van der Waals surface area contributed by atoms with Gasteiger partial charge in [0.1, 0.15) is 0 Å². The van der Waals surface area contributed by atoms with Crippen molar-refractivity contribution < 1.29 is 0 Å². The molecule has 0 spiro atoms. The van der Waals surface area contributed by atoms with Gasteiger partial charge >= 0.3 is 0 Å².